The van der Waals surface area contributed by atoms with Gasteiger partial charge in [-0.2, -0.15) is 5.10 Å². The minimum atomic E-state index is -3.39. The predicted octanol–water partition coefficient (Wildman–Crippen LogP) is 2.14. The van der Waals surface area contributed by atoms with Gasteiger partial charge in [0.25, 0.3) is 0 Å². The van der Waals surface area contributed by atoms with E-state index in [1.54, 1.807) is 0 Å². The molecular weight excluding hydrogens is 404 g/mol. The van der Waals surface area contributed by atoms with Crippen molar-refractivity contribution in [2.45, 2.75) is 12.5 Å². The zero-order chi connectivity index (χ0) is 19.6. The lowest BCUT2D eigenvalue weighted by atomic mass is 9.98. The molecule has 1 fully saturated rings. The Balaban J connectivity index is 1.72. The summed E-state index contributed by atoms with van der Waals surface area (Å²) in [5.41, 5.74) is -0.369. The number of nitrogens with zero attached hydrogens (tertiary/aromatic N) is 2. The average Bonchev–Trinajstić information content (AvgIpc) is 2.98. The van der Waals surface area contributed by atoms with Gasteiger partial charge in [-0.1, -0.05) is 11.6 Å². The van der Waals surface area contributed by atoms with Crippen molar-refractivity contribution in [1.82, 2.24) is 14.5 Å². The van der Waals surface area contributed by atoms with Crippen LogP contribution in [0.1, 0.15) is 6.42 Å². The fourth-order valence-electron chi connectivity index (χ4n) is 2.86. The van der Waals surface area contributed by atoms with Crippen LogP contribution in [-0.4, -0.2) is 50.3 Å². The zero-order valence-corrected chi connectivity index (χ0v) is 15.9. The van der Waals surface area contributed by atoms with Crippen LogP contribution in [0, 0.1) is 17.6 Å². The first-order chi connectivity index (χ1) is 12.7. The summed E-state index contributed by atoms with van der Waals surface area (Å²) in [5.74, 6) is -2.04. The minimum absolute atomic E-state index is 0.0179. The van der Waals surface area contributed by atoms with Crippen LogP contribution in [0.2, 0.25) is 5.02 Å². The summed E-state index contributed by atoms with van der Waals surface area (Å²) in [4.78, 5) is 0. The van der Waals surface area contributed by atoms with E-state index in [0.29, 0.717) is 13.0 Å². The van der Waals surface area contributed by atoms with E-state index >= 15 is 0 Å². The molecule has 2 atom stereocenters. The standard InChI is InChI=1S/C16H18ClF2N3O4S/c1-27(23,24)21-15-2-3-25-8-10(15)9-26-12-4-13(18)16(14(19)5-12)22-7-11(17)6-20-22/h4-7,10,15,21H,2-3,8-9H2,1H3. The molecule has 0 saturated carbocycles. The summed E-state index contributed by atoms with van der Waals surface area (Å²) in [6.07, 6.45) is 4.11. The second kappa shape index (κ2) is 8.09. The van der Waals surface area contributed by atoms with Gasteiger partial charge in [0, 0.05) is 36.9 Å². The summed E-state index contributed by atoms with van der Waals surface area (Å²) >= 11 is 5.73. The van der Waals surface area contributed by atoms with E-state index in [1.807, 2.05) is 0 Å². The lowest BCUT2D eigenvalue weighted by Crippen LogP contribution is -2.47. The van der Waals surface area contributed by atoms with E-state index in [-0.39, 0.29) is 41.6 Å². The van der Waals surface area contributed by atoms with Gasteiger partial charge < -0.3 is 9.47 Å². The van der Waals surface area contributed by atoms with Gasteiger partial charge in [-0.25, -0.2) is 26.6 Å². The highest BCUT2D eigenvalue weighted by Gasteiger charge is 2.29. The smallest absolute Gasteiger partial charge is 0.208 e. The fourth-order valence-corrected chi connectivity index (χ4v) is 3.86. The number of nitrogens with one attached hydrogen (secondary N) is 1. The summed E-state index contributed by atoms with van der Waals surface area (Å²) < 4.78 is 66.0. The molecule has 2 unspecified atom stereocenters. The Morgan fingerprint density at radius 3 is 2.70 bits per heavy atom. The van der Waals surface area contributed by atoms with Crippen molar-refractivity contribution in [3.05, 3.63) is 41.2 Å². The summed E-state index contributed by atoms with van der Waals surface area (Å²) in [6, 6.07) is 1.71. The molecule has 2 aromatic rings. The van der Waals surface area contributed by atoms with Crippen molar-refractivity contribution in [3.63, 3.8) is 0 Å². The van der Waals surface area contributed by atoms with Crippen LogP contribution in [0.5, 0.6) is 5.75 Å². The molecule has 1 aliphatic heterocycles. The van der Waals surface area contributed by atoms with E-state index in [2.05, 4.69) is 9.82 Å². The van der Waals surface area contributed by atoms with Gasteiger partial charge in [0.15, 0.2) is 11.6 Å². The Bertz CT molecular complexity index is 899. The van der Waals surface area contributed by atoms with E-state index < -0.39 is 21.7 Å². The maximum Gasteiger partial charge on any atom is 0.208 e. The molecule has 3 rings (SSSR count). The first-order valence-electron chi connectivity index (χ1n) is 8.10. The molecule has 7 nitrogen and oxygen atoms in total. The third-order valence-corrected chi connectivity index (χ3v) is 5.00. The highest BCUT2D eigenvalue weighted by atomic mass is 35.5. The molecule has 1 aromatic carbocycles. The lowest BCUT2D eigenvalue weighted by molar-refractivity contribution is 0.0186. The van der Waals surface area contributed by atoms with E-state index in [9.17, 15) is 17.2 Å². The molecule has 1 N–H and O–H groups in total. The summed E-state index contributed by atoms with van der Waals surface area (Å²) in [6.45, 7) is 0.745. The van der Waals surface area contributed by atoms with Crippen LogP contribution in [0.4, 0.5) is 8.78 Å². The number of ether oxygens (including phenoxy) is 2. The van der Waals surface area contributed by atoms with Gasteiger partial charge in [0.05, 0.1) is 30.7 Å². The normalized spacial score (nSPS) is 20.6. The van der Waals surface area contributed by atoms with Crippen molar-refractivity contribution in [2.75, 3.05) is 26.1 Å². The van der Waals surface area contributed by atoms with Gasteiger partial charge in [0.1, 0.15) is 11.4 Å². The SMILES string of the molecule is CS(=O)(=O)NC1CCOCC1COc1cc(F)c(-n2cc(Cl)cn2)c(F)c1. The Morgan fingerprint density at radius 1 is 1.41 bits per heavy atom. The Morgan fingerprint density at radius 2 is 2.11 bits per heavy atom. The van der Waals surface area contributed by atoms with Gasteiger partial charge >= 0.3 is 0 Å². The van der Waals surface area contributed by atoms with E-state index in [4.69, 9.17) is 21.1 Å². The highest BCUT2D eigenvalue weighted by Crippen LogP contribution is 2.26. The molecule has 0 aliphatic carbocycles. The molecule has 27 heavy (non-hydrogen) atoms. The quantitative estimate of drug-likeness (QED) is 0.772. The number of rotatable bonds is 6. The topological polar surface area (TPSA) is 82.5 Å². The van der Waals surface area contributed by atoms with Crippen molar-refractivity contribution in [1.29, 1.82) is 0 Å². The van der Waals surface area contributed by atoms with Crippen LogP contribution < -0.4 is 9.46 Å². The van der Waals surface area contributed by atoms with Gasteiger partial charge in [-0.3, -0.25) is 0 Å². The van der Waals surface area contributed by atoms with Gasteiger partial charge in [0.2, 0.25) is 10.0 Å². The summed E-state index contributed by atoms with van der Waals surface area (Å²) in [5, 5.41) is 4.03. The second-order valence-electron chi connectivity index (χ2n) is 6.27. The van der Waals surface area contributed by atoms with Gasteiger partial charge in [-0.15, -0.1) is 0 Å². The Kier molecular flexibility index (Phi) is 5.99. The molecule has 148 valence electrons. The molecule has 1 saturated heterocycles. The largest absolute Gasteiger partial charge is 0.493 e. The predicted molar refractivity (Wildman–Crippen MR) is 94.7 cm³/mol. The Hall–Kier alpha value is -1.75. The molecular formula is C16H18ClF2N3O4S. The molecule has 11 heteroatoms. The van der Waals surface area contributed by atoms with Crippen LogP contribution in [-0.2, 0) is 14.8 Å². The van der Waals surface area contributed by atoms with E-state index in [1.165, 1.54) is 12.4 Å². The summed E-state index contributed by atoms with van der Waals surface area (Å²) in [7, 11) is -3.39. The van der Waals surface area contributed by atoms with Crippen molar-refractivity contribution in [2.24, 2.45) is 5.92 Å². The molecule has 0 spiro atoms. The number of halogens is 3. The number of sulfonamides is 1. The third-order valence-electron chi connectivity index (χ3n) is 4.07. The molecule has 0 amide bonds. The van der Waals surface area contributed by atoms with Gasteiger partial charge in [-0.05, 0) is 6.42 Å². The van der Waals surface area contributed by atoms with E-state index in [0.717, 1.165) is 23.1 Å². The third kappa shape index (κ3) is 5.16. The lowest BCUT2D eigenvalue weighted by Gasteiger charge is -2.31. The van der Waals surface area contributed by atoms with Crippen molar-refractivity contribution in [3.8, 4) is 11.4 Å². The maximum atomic E-state index is 14.3. The monoisotopic (exact) mass is 421 g/mol. The van der Waals surface area contributed by atoms with Crippen molar-refractivity contribution >= 4 is 21.6 Å². The average molecular weight is 422 g/mol. The minimum Gasteiger partial charge on any atom is -0.493 e. The first-order valence-corrected chi connectivity index (χ1v) is 10.4. The zero-order valence-electron chi connectivity index (χ0n) is 14.4. The molecule has 0 bridgehead atoms. The molecule has 2 heterocycles. The van der Waals surface area contributed by atoms with Crippen LogP contribution in [0.3, 0.4) is 0 Å². The maximum absolute atomic E-state index is 14.3. The number of hydrogen-bond donors (Lipinski definition) is 1. The number of aromatic nitrogens is 2. The highest BCUT2D eigenvalue weighted by molar-refractivity contribution is 7.88. The van der Waals surface area contributed by atoms with Crippen molar-refractivity contribution < 1.29 is 26.7 Å². The first kappa shape index (κ1) is 20.0. The molecule has 1 aliphatic rings. The second-order valence-corrected chi connectivity index (χ2v) is 8.49. The fraction of sp³-hybridized carbons (Fsp3) is 0.438. The van der Waals surface area contributed by atoms with Crippen LogP contribution >= 0.6 is 11.6 Å². The Labute approximate surface area is 160 Å². The number of hydrogen-bond acceptors (Lipinski definition) is 5. The molecule has 1 aromatic heterocycles. The van der Waals surface area contributed by atoms with Crippen LogP contribution in [0.15, 0.2) is 24.5 Å². The molecule has 0 radical (unpaired) electrons. The number of benzene rings is 1. The van der Waals surface area contributed by atoms with Crippen LogP contribution in [0.25, 0.3) is 5.69 Å².